The molecule has 2 amide bonds. The Morgan fingerprint density at radius 1 is 0.955 bits per heavy atom. The third kappa shape index (κ3) is 2.39. The quantitative estimate of drug-likeness (QED) is 0.485. The van der Waals surface area contributed by atoms with E-state index in [1.165, 1.54) is 4.57 Å². The summed E-state index contributed by atoms with van der Waals surface area (Å²) in [5.41, 5.74) is 0.411. The molecule has 7 heteroatoms. The van der Waals surface area contributed by atoms with Crippen molar-refractivity contribution in [3.05, 3.63) is 60.9 Å². The van der Waals surface area contributed by atoms with E-state index in [2.05, 4.69) is 0 Å². The maximum atomic E-state index is 12.7. The molecule has 1 N–H and O–H groups in total. The van der Waals surface area contributed by atoms with Gasteiger partial charge >= 0.3 is 131 Å². The van der Waals surface area contributed by atoms with Crippen LogP contribution in [0.2, 0.25) is 4.82 Å². The Morgan fingerprint density at radius 2 is 1.55 bits per heavy atom. The van der Waals surface area contributed by atoms with Crippen molar-refractivity contribution in [3.63, 3.8) is 0 Å². The molecule has 0 radical (unpaired) electrons. The summed E-state index contributed by atoms with van der Waals surface area (Å²) in [6.45, 7) is 0. The molecule has 1 fully saturated rings. The Morgan fingerprint density at radius 3 is 2.14 bits per heavy atom. The number of aromatic nitrogens is 1. The number of anilines is 1. The van der Waals surface area contributed by atoms with Crippen LogP contribution in [-0.2, 0) is 13.4 Å². The third-order valence-electron chi connectivity index (χ3n) is 3.52. The second-order valence-corrected chi connectivity index (χ2v) is 7.04. The molecular weight excluding hydrogens is 351 g/mol. The normalized spacial score (nSPS) is 22.9. The molecule has 2 aromatic rings. The van der Waals surface area contributed by atoms with Crippen LogP contribution in [0.4, 0.5) is 5.69 Å². The van der Waals surface area contributed by atoms with E-state index >= 15 is 0 Å². The van der Waals surface area contributed by atoms with Crippen molar-refractivity contribution >= 4 is 31.7 Å². The van der Waals surface area contributed by atoms with Crippen molar-refractivity contribution in [3.8, 4) is 0 Å². The first kappa shape index (κ1) is 14.7. The molecule has 1 aromatic carbocycles. The van der Waals surface area contributed by atoms with Gasteiger partial charge in [-0.2, -0.15) is 0 Å². The van der Waals surface area contributed by atoms with Crippen molar-refractivity contribution in [1.82, 2.24) is 0 Å². The van der Waals surface area contributed by atoms with Gasteiger partial charge in [-0.1, -0.05) is 0 Å². The number of nitrogens with zero attached hydrogens (tertiary/aromatic N) is 2. The van der Waals surface area contributed by atoms with Gasteiger partial charge in [0.25, 0.3) is 0 Å². The number of pyridine rings is 1. The summed E-state index contributed by atoms with van der Waals surface area (Å²) in [5.74, 6) is -1.11. The Kier molecular flexibility index (Phi) is 3.94. The van der Waals surface area contributed by atoms with E-state index in [4.69, 9.17) is 0 Å². The number of carbonyl (C=O) groups is 2. The van der Waals surface area contributed by atoms with Crippen LogP contribution in [0.3, 0.4) is 0 Å². The standard InChI is InChI=1S/C15H12N2O4Se/c18-14-12(16-9-5-2-6-10-16)13(22(20)21)15(19)17(14)11-7-3-1-4-8-11/h1-10,12-13H/p+1. The number of benzene rings is 1. The monoisotopic (exact) mass is 365 g/mol. The molecule has 0 saturated carbocycles. The number of hydrogen-bond donors (Lipinski definition) is 1. The van der Waals surface area contributed by atoms with Crippen LogP contribution in [0.25, 0.3) is 0 Å². The Bertz CT molecular complexity index is 736. The van der Waals surface area contributed by atoms with Crippen LogP contribution in [0.15, 0.2) is 60.9 Å². The second kappa shape index (κ2) is 5.88. The van der Waals surface area contributed by atoms with E-state index in [-0.39, 0.29) is 0 Å². The molecule has 1 saturated heterocycles. The molecule has 0 bridgehead atoms. The van der Waals surface area contributed by atoms with Gasteiger partial charge in [0.1, 0.15) is 0 Å². The molecule has 1 aliphatic rings. The maximum absolute atomic E-state index is 12.7. The zero-order valence-corrected chi connectivity index (χ0v) is 13.1. The topological polar surface area (TPSA) is 78.6 Å². The predicted octanol–water partition coefficient (Wildman–Crippen LogP) is 0.370. The first-order valence-corrected chi connectivity index (χ1v) is 9.05. The number of imide groups is 1. The van der Waals surface area contributed by atoms with Crippen LogP contribution >= 0.6 is 0 Å². The molecule has 3 atom stereocenters. The Labute approximate surface area is 131 Å². The van der Waals surface area contributed by atoms with Gasteiger partial charge in [0.2, 0.25) is 0 Å². The minimum absolute atomic E-state index is 0.411. The second-order valence-electron chi connectivity index (χ2n) is 4.81. The predicted molar refractivity (Wildman–Crippen MR) is 77.0 cm³/mol. The van der Waals surface area contributed by atoms with Crippen molar-refractivity contribution in [2.24, 2.45) is 0 Å². The summed E-state index contributed by atoms with van der Waals surface area (Å²) in [4.78, 5) is 25.0. The van der Waals surface area contributed by atoms with E-state index < -0.39 is 36.8 Å². The van der Waals surface area contributed by atoms with Gasteiger partial charge in [-0.25, -0.2) is 0 Å². The summed E-state index contributed by atoms with van der Waals surface area (Å²) in [6, 6.07) is 12.6. The fourth-order valence-electron chi connectivity index (χ4n) is 2.54. The van der Waals surface area contributed by atoms with E-state index in [9.17, 15) is 17.6 Å². The number of carbonyl (C=O) groups excluding carboxylic acids is 2. The van der Waals surface area contributed by atoms with Crippen molar-refractivity contribution in [2.45, 2.75) is 10.9 Å². The molecule has 6 nitrogen and oxygen atoms in total. The van der Waals surface area contributed by atoms with E-state index in [0.29, 0.717) is 5.69 Å². The number of para-hydroxylation sites is 1. The van der Waals surface area contributed by atoms with Gasteiger partial charge in [0, 0.05) is 0 Å². The van der Waals surface area contributed by atoms with Crippen LogP contribution < -0.4 is 9.47 Å². The van der Waals surface area contributed by atoms with Crippen molar-refractivity contribution in [1.29, 1.82) is 0 Å². The zero-order chi connectivity index (χ0) is 15.7. The summed E-state index contributed by atoms with van der Waals surface area (Å²) < 4.78 is 22.8. The molecular formula is C15H13N2O4Se+. The van der Waals surface area contributed by atoms with Crippen molar-refractivity contribution < 1.29 is 22.2 Å². The van der Waals surface area contributed by atoms with Gasteiger partial charge in [0.05, 0.1) is 0 Å². The molecule has 1 aromatic heterocycles. The van der Waals surface area contributed by atoms with Crippen LogP contribution in [0, 0.1) is 0 Å². The molecule has 3 unspecified atom stereocenters. The van der Waals surface area contributed by atoms with Gasteiger partial charge in [0.15, 0.2) is 0 Å². The average Bonchev–Trinajstić information content (AvgIpc) is 2.80. The minimum atomic E-state index is -3.45. The summed E-state index contributed by atoms with van der Waals surface area (Å²) in [6.07, 6.45) is 3.23. The van der Waals surface area contributed by atoms with Gasteiger partial charge in [-0.3, -0.25) is 0 Å². The number of amides is 2. The number of rotatable bonds is 3. The third-order valence-corrected chi connectivity index (χ3v) is 5.39. The first-order valence-electron chi connectivity index (χ1n) is 6.59. The molecule has 3 rings (SSSR count). The van der Waals surface area contributed by atoms with Crippen LogP contribution in [0.5, 0.6) is 0 Å². The summed E-state index contributed by atoms with van der Waals surface area (Å²) >= 11 is -3.45. The van der Waals surface area contributed by atoms with Crippen molar-refractivity contribution in [2.75, 3.05) is 4.90 Å². The fraction of sp³-hybridized carbons (Fsp3) is 0.133. The Hall–Kier alpha value is -2.21. The molecule has 1 aliphatic heterocycles. The fourth-order valence-corrected chi connectivity index (χ4v) is 4.13. The molecule has 0 spiro atoms. The van der Waals surface area contributed by atoms with Gasteiger partial charge < -0.3 is 0 Å². The molecule has 112 valence electrons. The number of hydrogen-bond acceptors (Lipinski definition) is 3. The van der Waals surface area contributed by atoms with Crippen LogP contribution in [0.1, 0.15) is 6.04 Å². The molecule has 22 heavy (non-hydrogen) atoms. The summed E-state index contributed by atoms with van der Waals surface area (Å²) in [7, 11) is 0. The van der Waals surface area contributed by atoms with E-state index in [1.54, 1.807) is 60.9 Å². The Balaban J connectivity index is 2.09. The van der Waals surface area contributed by atoms with E-state index in [1.807, 2.05) is 0 Å². The van der Waals surface area contributed by atoms with E-state index in [0.717, 1.165) is 4.90 Å². The first-order chi connectivity index (χ1) is 10.6. The zero-order valence-electron chi connectivity index (χ0n) is 11.4. The van der Waals surface area contributed by atoms with Gasteiger partial charge in [-0.15, -0.1) is 0 Å². The van der Waals surface area contributed by atoms with Crippen LogP contribution in [-0.4, -0.2) is 30.2 Å². The molecule has 0 aliphatic carbocycles. The SMILES string of the molecule is O=C1C([n+]2ccccc2)C([Se](=O)O)C(=O)N1c1ccccc1. The summed E-state index contributed by atoms with van der Waals surface area (Å²) in [5, 5.41) is 0. The van der Waals surface area contributed by atoms with Gasteiger partial charge in [-0.05, 0) is 0 Å². The average molecular weight is 364 g/mol. The molecule has 2 heterocycles.